The molecule has 1 aliphatic rings. The fourth-order valence-electron chi connectivity index (χ4n) is 1.46. The Hall–Kier alpha value is -0.730. The Kier molecular flexibility index (Phi) is 2.94. The predicted octanol–water partition coefficient (Wildman–Crippen LogP) is 2.28. The summed E-state index contributed by atoms with van der Waals surface area (Å²) >= 11 is 6.02. The second-order valence-electron chi connectivity index (χ2n) is 3.87. The van der Waals surface area contributed by atoms with Crippen LogP contribution in [-0.2, 0) is 0 Å². The molecule has 76 valence electrons. The normalized spacial score (nSPS) is 16.4. The average Bonchev–Trinajstić information content (AvgIpc) is 2.08. The first-order valence-electron chi connectivity index (χ1n) is 4.96. The standard InChI is InChI=1S/C11H15ClN2/c1-8-2-3-10(4-11(8)12)14-7-9-5-13-6-9/h2-4,9,13-14H,5-7H2,1H3. The molecule has 0 atom stereocenters. The summed E-state index contributed by atoms with van der Waals surface area (Å²) in [5.74, 6) is 0.773. The van der Waals surface area contributed by atoms with Crippen molar-refractivity contribution in [1.82, 2.24) is 5.32 Å². The molecule has 0 unspecified atom stereocenters. The topological polar surface area (TPSA) is 24.1 Å². The Bertz CT molecular complexity index is 321. The van der Waals surface area contributed by atoms with Crippen molar-refractivity contribution in [2.75, 3.05) is 25.0 Å². The molecule has 1 aromatic rings. The zero-order valence-corrected chi connectivity index (χ0v) is 9.06. The molecule has 0 aromatic heterocycles. The van der Waals surface area contributed by atoms with Gasteiger partial charge in [-0.25, -0.2) is 0 Å². The maximum Gasteiger partial charge on any atom is 0.0455 e. The van der Waals surface area contributed by atoms with Crippen molar-refractivity contribution in [2.45, 2.75) is 6.92 Å². The van der Waals surface area contributed by atoms with Crippen LogP contribution in [0.2, 0.25) is 5.02 Å². The first-order valence-corrected chi connectivity index (χ1v) is 5.34. The number of nitrogens with one attached hydrogen (secondary N) is 2. The number of rotatable bonds is 3. The average molecular weight is 211 g/mol. The van der Waals surface area contributed by atoms with Crippen molar-refractivity contribution in [3.8, 4) is 0 Å². The lowest BCUT2D eigenvalue weighted by atomic mass is 10.0. The molecule has 1 aliphatic heterocycles. The number of anilines is 1. The number of benzene rings is 1. The van der Waals surface area contributed by atoms with Gasteiger partial charge in [0.15, 0.2) is 0 Å². The molecule has 2 nitrogen and oxygen atoms in total. The van der Waals surface area contributed by atoms with Crippen LogP contribution < -0.4 is 10.6 Å². The lowest BCUT2D eigenvalue weighted by Gasteiger charge is -2.27. The highest BCUT2D eigenvalue weighted by molar-refractivity contribution is 6.31. The van der Waals surface area contributed by atoms with Crippen LogP contribution in [0, 0.1) is 12.8 Å². The Morgan fingerprint density at radius 2 is 2.29 bits per heavy atom. The molecule has 1 heterocycles. The highest BCUT2D eigenvalue weighted by Crippen LogP contribution is 2.20. The van der Waals surface area contributed by atoms with Gasteiger partial charge in [-0.15, -0.1) is 0 Å². The van der Waals surface area contributed by atoms with Crippen molar-refractivity contribution in [3.05, 3.63) is 28.8 Å². The van der Waals surface area contributed by atoms with Gasteiger partial charge in [0.2, 0.25) is 0 Å². The summed E-state index contributed by atoms with van der Waals surface area (Å²) in [4.78, 5) is 0. The second-order valence-corrected chi connectivity index (χ2v) is 4.28. The minimum absolute atomic E-state index is 0.773. The molecule has 2 N–H and O–H groups in total. The van der Waals surface area contributed by atoms with Gasteiger partial charge in [-0.05, 0) is 24.6 Å². The number of hydrogen-bond acceptors (Lipinski definition) is 2. The predicted molar refractivity (Wildman–Crippen MR) is 61.0 cm³/mol. The SMILES string of the molecule is Cc1ccc(NCC2CNC2)cc1Cl. The van der Waals surface area contributed by atoms with Crippen molar-refractivity contribution >= 4 is 17.3 Å². The van der Waals surface area contributed by atoms with Gasteiger partial charge in [0.1, 0.15) is 0 Å². The summed E-state index contributed by atoms with van der Waals surface area (Å²) in [5, 5.41) is 7.48. The van der Waals surface area contributed by atoms with E-state index in [4.69, 9.17) is 11.6 Å². The van der Waals surface area contributed by atoms with Crippen LogP contribution >= 0.6 is 11.6 Å². The largest absolute Gasteiger partial charge is 0.385 e. The molecule has 0 spiro atoms. The quantitative estimate of drug-likeness (QED) is 0.800. The van der Waals surface area contributed by atoms with E-state index in [1.165, 1.54) is 0 Å². The van der Waals surface area contributed by atoms with Crippen molar-refractivity contribution < 1.29 is 0 Å². The summed E-state index contributed by atoms with van der Waals surface area (Å²) in [5.41, 5.74) is 2.25. The first-order chi connectivity index (χ1) is 6.75. The van der Waals surface area contributed by atoms with Crippen LogP contribution in [-0.4, -0.2) is 19.6 Å². The van der Waals surface area contributed by atoms with Gasteiger partial charge in [0.05, 0.1) is 0 Å². The Balaban J connectivity index is 1.91. The molecule has 0 bridgehead atoms. The van der Waals surface area contributed by atoms with E-state index in [1.54, 1.807) is 0 Å². The Morgan fingerprint density at radius 1 is 1.50 bits per heavy atom. The molecule has 1 fully saturated rings. The first kappa shape index (κ1) is 9.81. The second kappa shape index (κ2) is 4.20. The lowest BCUT2D eigenvalue weighted by molar-refractivity contribution is 0.365. The Morgan fingerprint density at radius 3 is 2.86 bits per heavy atom. The lowest BCUT2D eigenvalue weighted by Crippen LogP contribution is -2.45. The molecule has 3 heteroatoms. The highest BCUT2D eigenvalue weighted by atomic mass is 35.5. The van der Waals surface area contributed by atoms with Crippen molar-refractivity contribution in [1.29, 1.82) is 0 Å². The van der Waals surface area contributed by atoms with E-state index in [0.717, 1.165) is 41.8 Å². The van der Waals surface area contributed by atoms with E-state index in [2.05, 4.69) is 16.7 Å². The monoisotopic (exact) mass is 210 g/mol. The zero-order valence-electron chi connectivity index (χ0n) is 8.31. The molecular formula is C11H15ClN2. The summed E-state index contributed by atoms with van der Waals surface area (Å²) in [6.45, 7) is 5.31. The van der Waals surface area contributed by atoms with Crippen LogP contribution in [0.3, 0.4) is 0 Å². The molecule has 1 aromatic carbocycles. The van der Waals surface area contributed by atoms with Crippen LogP contribution in [0.5, 0.6) is 0 Å². The number of hydrogen-bond donors (Lipinski definition) is 2. The van der Waals surface area contributed by atoms with Gasteiger partial charge >= 0.3 is 0 Å². The molecular weight excluding hydrogens is 196 g/mol. The molecule has 1 saturated heterocycles. The van der Waals surface area contributed by atoms with Crippen LogP contribution in [0.25, 0.3) is 0 Å². The number of halogens is 1. The third-order valence-corrected chi connectivity index (χ3v) is 3.04. The van der Waals surface area contributed by atoms with Crippen molar-refractivity contribution in [3.63, 3.8) is 0 Å². The van der Waals surface area contributed by atoms with E-state index in [0.29, 0.717) is 0 Å². The smallest absolute Gasteiger partial charge is 0.0455 e. The van der Waals surface area contributed by atoms with E-state index in [-0.39, 0.29) is 0 Å². The van der Waals surface area contributed by atoms with Crippen LogP contribution in [0.15, 0.2) is 18.2 Å². The maximum absolute atomic E-state index is 6.02. The van der Waals surface area contributed by atoms with Gasteiger partial charge in [-0.2, -0.15) is 0 Å². The summed E-state index contributed by atoms with van der Waals surface area (Å²) in [6.07, 6.45) is 0. The molecule has 0 saturated carbocycles. The Labute approximate surface area is 89.7 Å². The van der Waals surface area contributed by atoms with Gasteiger partial charge in [0, 0.05) is 36.3 Å². The van der Waals surface area contributed by atoms with Crippen molar-refractivity contribution in [2.24, 2.45) is 5.92 Å². The summed E-state index contributed by atoms with van der Waals surface area (Å²) < 4.78 is 0. The van der Waals surface area contributed by atoms with Gasteiger partial charge in [-0.3, -0.25) is 0 Å². The maximum atomic E-state index is 6.02. The van der Waals surface area contributed by atoms with Crippen LogP contribution in [0.4, 0.5) is 5.69 Å². The van der Waals surface area contributed by atoms with Gasteiger partial charge in [-0.1, -0.05) is 17.7 Å². The summed E-state index contributed by atoms with van der Waals surface area (Å²) in [7, 11) is 0. The fraction of sp³-hybridized carbons (Fsp3) is 0.455. The molecule has 0 radical (unpaired) electrons. The molecule has 0 amide bonds. The highest BCUT2D eigenvalue weighted by Gasteiger charge is 2.15. The number of aryl methyl sites for hydroxylation is 1. The van der Waals surface area contributed by atoms with Crippen LogP contribution in [0.1, 0.15) is 5.56 Å². The molecule has 0 aliphatic carbocycles. The van der Waals surface area contributed by atoms with E-state index < -0.39 is 0 Å². The summed E-state index contributed by atoms with van der Waals surface area (Å²) in [6, 6.07) is 6.11. The van der Waals surface area contributed by atoms with Gasteiger partial charge in [0.25, 0.3) is 0 Å². The fourth-order valence-corrected chi connectivity index (χ4v) is 1.64. The molecule has 2 rings (SSSR count). The molecule has 14 heavy (non-hydrogen) atoms. The van der Waals surface area contributed by atoms with E-state index in [9.17, 15) is 0 Å². The van der Waals surface area contributed by atoms with E-state index >= 15 is 0 Å². The van der Waals surface area contributed by atoms with Gasteiger partial charge < -0.3 is 10.6 Å². The van der Waals surface area contributed by atoms with E-state index in [1.807, 2.05) is 19.1 Å². The minimum atomic E-state index is 0.773. The minimum Gasteiger partial charge on any atom is -0.385 e. The third kappa shape index (κ3) is 2.20. The zero-order chi connectivity index (χ0) is 9.97. The third-order valence-electron chi connectivity index (χ3n) is 2.63.